The second kappa shape index (κ2) is 4.08. The van der Waals surface area contributed by atoms with Gasteiger partial charge in [-0.1, -0.05) is 13.0 Å². The highest BCUT2D eigenvalue weighted by molar-refractivity contribution is 5.68. The maximum atomic E-state index is 10.5. The van der Waals surface area contributed by atoms with Crippen LogP contribution in [0.15, 0.2) is 12.1 Å². The Kier molecular flexibility index (Phi) is 3.04. The minimum absolute atomic E-state index is 0.155. The number of carbonyl (C=O) groups is 1. The average molecular weight is 212 g/mol. The third kappa shape index (κ3) is 2.31. The first-order valence-electron chi connectivity index (χ1n) is 4.39. The molecule has 0 amide bonds. The Morgan fingerprint density at radius 3 is 2.40 bits per heavy atom. The highest BCUT2D eigenvalue weighted by Crippen LogP contribution is 2.40. The van der Waals surface area contributed by atoms with E-state index in [2.05, 4.69) is 0 Å². The van der Waals surface area contributed by atoms with Crippen molar-refractivity contribution in [2.75, 3.05) is 0 Å². The first-order chi connectivity index (χ1) is 6.93. The van der Waals surface area contributed by atoms with Gasteiger partial charge in [-0.15, -0.1) is 0 Å². The molecule has 1 unspecified atom stereocenters. The number of phenolic OH excluding ortho intramolecular Hbond substituents is 3. The fourth-order valence-corrected chi connectivity index (χ4v) is 1.35. The fraction of sp³-hybridized carbons (Fsp3) is 0.300. The summed E-state index contributed by atoms with van der Waals surface area (Å²) in [5, 5.41) is 36.3. The number of hydrogen-bond acceptors (Lipinski definition) is 4. The molecule has 0 aliphatic rings. The molecule has 0 heterocycles. The third-order valence-corrected chi connectivity index (χ3v) is 2.17. The van der Waals surface area contributed by atoms with Gasteiger partial charge in [0.2, 0.25) is 5.75 Å². The molecule has 0 aliphatic heterocycles. The number of rotatable bonds is 3. The third-order valence-electron chi connectivity index (χ3n) is 2.17. The van der Waals surface area contributed by atoms with Crippen LogP contribution < -0.4 is 0 Å². The normalized spacial score (nSPS) is 12.3. The Labute approximate surface area is 86.2 Å². The van der Waals surface area contributed by atoms with Gasteiger partial charge in [-0.3, -0.25) is 4.79 Å². The van der Waals surface area contributed by atoms with Crippen LogP contribution in [0.2, 0.25) is 0 Å². The molecule has 0 spiro atoms. The molecule has 0 bridgehead atoms. The number of aromatic hydroxyl groups is 3. The van der Waals surface area contributed by atoms with Crippen molar-refractivity contribution < 1.29 is 25.2 Å². The van der Waals surface area contributed by atoms with Crippen LogP contribution in [-0.2, 0) is 4.79 Å². The van der Waals surface area contributed by atoms with Crippen LogP contribution in [0, 0.1) is 0 Å². The molecule has 5 nitrogen and oxygen atoms in total. The van der Waals surface area contributed by atoms with Crippen LogP contribution in [0.1, 0.15) is 24.8 Å². The molecule has 15 heavy (non-hydrogen) atoms. The van der Waals surface area contributed by atoms with Gasteiger partial charge in [-0.25, -0.2) is 0 Å². The Morgan fingerprint density at radius 1 is 1.27 bits per heavy atom. The minimum Gasteiger partial charge on any atom is -0.504 e. The standard InChI is InChI=1S/C10H12O5/c1-5(4-8(12)13)6-2-3-7(11)10(15)9(6)14/h2-3,5,11,14-15H,4H2,1H3,(H,12,13). The van der Waals surface area contributed by atoms with E-state index in [-0.39, 0.29) is 6.42 Å². The molecule has 0 aromatic heterocycles. The monoisotopic (exact) mass is 212 g/mol. The quantitative estimate of drug-likeness (QED) is 0.567. The summed E-state index contributed by atoms with van der Waals surface area (Å²) in [6, 6.07) is 2.60. The SMILES string of the molecule is CC(CC(=O)O)c1ccc(O)c(O)c1O. The van der Waals surface area contributed by atoms with Crippen molar-refractivity contribution in [2.24, 2.45) is 0 Å². The summed E-state index contributed by atoms with van der Waals surface area (Å²) in [6.45, 7) is 1.61. The molecule has 0 fully saturated rings. The minimum atomic E-state index is -0.991. The summed E-state index contributed by atoms with van der Waals surface area (Å²) >= 11 is 0. The summed E-state index contributed by atoms with van der Waals surface area (Å²) < 4.78 is 0. The average Bonchev–Trinajstić information content (AvgIpc) is 2.13. The zero-order chi connectivity index (χ0) is 11.6. The lowest BCUT2D eigenvalue weighted by molar-refractivity contribution is -0.137. The predicted octanol–water partition coefficient (Wildman–Crippen LogP) is 1.38. The van der Waals surface area contributed by atoms with E-state index >= 15 is 0 Å². The van der Waals surface area contributed by atoms with Gasteiger partial charge in [0.15, 0.2) is 11.5 Å². The largest absolute Gasteiger partial charge is 0.504 e. The van der Waals surface area contributed by atoms with Gasteiger partial charge < -0.3 is 20.4 Å². The van der Waals surface area contributed by atoms with Crippen LogP contribution in [0.4, 0.5) is 0 Å². The van der Waals surface area contributed by atoms with Crippen molar-refractivity contribution in [1.82, 2.24) is 0 Å². The lowest BCUT2D eigenvalue weighted by Gasteiger charge is -2.12. The number of carboxylic acids is 1. The second-order valence-corrected chi connectivity index (χ2v) is 3.37. The van der Waals surface area contributed by atoms with Crippen LogP contribution in [0.3, 0.4) is 0 Å². The molecule has 1 aromatic carbocycles. The van der Waals surface area contributed by atoms with Crippen LogP contribution >= 0.6 is 0 Å². The highest BCUT2D eigenvalue weighted by Gasteiger charge is 2.18. The maximum absolute atomic E-state index is 10.5. The van der Waals surface area contributed by atoms with Crippen molar-refractivity contribution in [3.8, 4) is 17.2 Å². The zero-order valence-electron chi connectivity index (χ0n) is 8.14. The Hall–Kier alpha value is -1.91. The van der Waals surface area contributed by atoms with Crippen molar-refractivity contribution in [3.63, 3.8) is 0 Å². The lowest BCUT2D eigenvalue weighted by Crippen LogP contribution is -2.03. The number of aliphatic carboxylic acids is 1. The molecule has 0 aliphatic carbocycles. The van der Waals surface area contributed by atoms with E-state index in [0.717, 1.165) is 0 Å². The van der Waals surface area contributed by atoms with E-state index in [0.29, 0.717) is 5.56 Å². The zero-order valence-corrected chi connectivity index (χ0v) is 8.14. The Bertz CT molecular complexity index is 386. The van der Waals surface area contributed by atoms with E-state index in [1.165, 1.54) is 12.1 Å². The first-order valence-corrected chi connectivity index (χ1v) is 4.39. The summed E-state index contributed by atoms with van der Waals surface area (Å²) in [5.41, 5.74) is 0.299. The van der Waals surface area contributed by atoms with Crippen molar-refractivity contribution >= 4 is 5.97 Å². The topological polar surface area (TPSA) is 98.0 Å². The lowest BCUT2D eigenvalue weighted by atomic mass is 9.96. The molecular formula is C10H12O5. The van der Waals surface area contributed by atoms with Gasteiger partial charge in [0.05, 0.1) is 6.42 Å². The van der Waals surface area contributed by atoms with Gasteiger partial charge in [0, 0.05) is 5.56 Å². The maximum Gasteiger partial charge on any atom is 0.303 e. The first kappa shape index (κ1) is 11.2. The predicted molar refractivity (Wildman–Crippen MR) is 52.1 cm³/mol. The number of benzene rings is 1. The van der Waals surface area contributed by atoms with Gasteiger partial charge in [0.1, 0.15) is 0 Å². The summed E-state index contributed by atoms with van der Waals surface area (Å²) in [7, 11) is 0. The smallest absolute Gasteiger partial charge is 0.303 e. The van der Waals surface area contributed by atoms with E-state index in [1.807, 2.05) is 0 Å². The van der Waals surface area contributed by atoms with Gasteiger partial charge >= 0.3 is 5.97 Å². The Balaban J connectivity index is 3.05. The van der Waals surface area contributed by atoms with Crippen LogP contribution in [0.5, 0.6) is 17.2 Å². The summed E-state index contributed by atoms with van der Waals surface area (Å²) in [5.74, 6) is -2.95. The van der Waals surface area contributed by atoms with E-state index < -0.39 is 29.1 Å². The fourth-order valence-electron chi connectivity index (χ4n) is 1.35. The van der Waals surface area contributed by atoms with Crippen LogP contribution in [0.25, 0.3) is 0 Å². The van der Waals surface area contributed by atoms with E-state index in [4.69, 9.17) is 10.2 Å². The molecule has 1 rings (SSSR count). The molecule has 4 N–H and O–H groups in total. The molecule has 5 heteroatoms. The highest BCUT2D eigenvalue weighted by atomic mass is 16.4. The van der Waals surface area contributed by atoms with Crippen LogP contribution in [-0.4, -0.2) is 26.4 Å². The van der Waals surface area contributed by atoms with E-state index in [1.54, 1.807) is 6.92 Å². The van der Waals surface area contributed by atoms with Crippen molar-refractivity contribution in [2.45, 2.75) is 19.3 Å². The number of carboxylic acid groups (broad SMARTS) is 1. The summed E-state index contributed by atoms with van der Waals surface area (Å²) in [4.78, 5) is 10.5. The summed E-state index contributed by atoms with van der Waals surface area (Å²) in [6.07, 6.45) is -0.155. The van der Waals surface area contributed by atoms with Gasteiger partial charge in [0.25, 0.3) is 0 Å². The Morgan fingerprint density at radius 2 is 1.87 bits per heavy atom. The molecule has 0 radical (unpaired) electrons. The van der Waals surface area contributed by atoms with Crippen molar-refractivity contribution in [1.29, 1.82) is 0 Å². The molecule has 0 saturated heterocycles. The molecule has 1 aromatic rings. The molecule has 0 saturated carbocycles. The molecular weight excluding hydrogens is 200 g/mol. The number of hydrogen-bond donors (Lipinski definition) is 4. The van der Waals surface area contributed by atoms with Gasteiger partial charge in [-0.05, 0) is 12.0 Å². The molecule has 82 valence electrons. The van der Waals surface area contributed by atoms with Gasteiger partial charge in [-0.2, -0.15) is 0 Å². The second-order valence-electron chi connectivity index (χ2n) is 3.37. The van der Waals surface area contributed by atoms with Crippen molar-refractivity contribution in [3.05, 3.63) is 17.7 Å². The number of phenols is 3. The molecule has 1 atom stereocenters. The van der Waals surface area contributed by atoms with E-state index in [9.17, 15) is 15.0 Å².